The number of halogens is 1. The SMILES string of the molecule is CCc1ccc([C@H]2C[C@@H](Oc3ccc(-c4onc(O)c4F)cn3)C2)cc1. The average Bonchev–Trinajstić information content (AvgIpc) is 2.98. The number of ether oxygens (including phenoxy) is 1. The lowest BCUT2D eigenvalue weighted by Crippen LogP contribution is -2.32. The number of aromatic hydroxyl groups is 1. The normalized spacial score (nSPS) is 19.2. The van der Waals surface area contributed by atoms with Gasteiger partial charge in [0.05, 0.1) is 0 Å². The molecule has 5 nitrogen and oxygen atoms in total. The van der Waals surface area contributed by atoms with Crippen molar-refractivity contribution in [2.75, 3.05) is 0 Å². The van der Waals surface area contributed by atoms with Crippen LogP contribution in [-0.2, 0) is 6.42 Å². The zero-order valence-corrected chi connectivity index (χ0v) is 14.4. The van der Waals surface area contributed by atoms with E-state index in [0.717, 1.165) is 19.3 Å². The molecule has 1 fully saturated rings. The Labute approximate surface area is 150 Å². The molecule has 3 aromatic rings. The lowest BCUT2D eigenvalue weighted by atomic mass is 9.77. The van der Waals surface area contributed by atoms with Crippen LogP contribution >= 0.6 is 0 Å². The molecule has 0 unspecified atom stereocenters. The fraction of sp³-hybridized carbons (Fsp3) is 0.300. The van der Waals surface area contributed by atoms with Crippen LogP contribution in [-0.4, -0.2) is 21.4 Å². The molecule has 6 heteroatoms. The number of hydrogen-bond donors (Lipinski definition) is 1. The molecule has 0 amide bonds. The van der Waals surface area contributed by atoms with Crippen molar-refractivity contribution in [3.8, 4) is 23.1 Å². The molecule has 1 saturated carbocycles. The molecule has 1 aliphatic carbocycles. The Bertz CT molecular complexity index is 884. The summed E-state index contributed by atoms with van der Waals surface area (Å²) in [6, 6.07) is 12.1. The van der Waals surface area contributed by atoms with Crippen molar-refractivity contribution < 1.29 is 18.8 Å². The van der Waals surface area contributed by atoms with Gasteiger partial charge >= 0.3 is 0 Å². The standard InChI is InChI=1S/C20H19FN2O3/c1-2-12-3-5-13(6-4-12)15-9-16(10-15)25-17-8-7-14(11-22-17)19-18(21)20(24)23-26-19/h3-8,11,15-16H,2,9-10H2,1H3,(H,23,24)/t15-,16+. The maximum atomic E-state index is 13.6. The third kappa shape index (κ3) is 3.14. The summed E-state index contributed by atoms with van der Waals surface area (Å²) in [7, 11) is 0. The van der Waals surface area contributed by atoms with Gasteiger partial charge in [-0.15, -0.1) is 0 Å². The number of pyridine rings is 1. The minimum atomic E-state index is -0.892. The fourth-order valence-electron chi connectivity index (χ4n) is 3.16. The first-order valence-electron chi connectivity index (χ1n) is 8.70. The molecule has 2 heterocycles. The lowest BCUT2D eigenvalue weighted by molar-refractivity contribution is 0.0936. The fourth-order valence-corrected chi connectivity index (χ4v) is 3.16. The smallest absolute Gasteiger partial charge is 0.288 e. The monoisotopic (exact) mass is 354 g/mol. The van der Waals surface area contributed by atoms with E-state index in [1.165, 1.54) is 17.3 Å². The zero-order valence-electron chi connectivity index (χ0n) is 14.4. The van der Waals surface area contributed by atoms with Crippen LogP contribution in [0.5, 0.6) is 11.8 Å². The van der Waals surface area contributed by atoms with Crippen LogP contribution in [0.4, 0.5) is 4.39 Å². The maximum Gasteiger partial charge on any atom is 0.288 e. The minimum Gasteiger partial charge on any atom is -0.489 e. The Kier molecular flexibility index (Phi) is 4.32. The van der Waals surface area contributed by atoms with Crippen LogP contribution in [0.25, 0.3) is 11.3 Å². The molecular formula is C20H19FN2O3. The van der Waals surface area contributed by atoms with Gasteiger partial charge in [-0.05, 0) is 47.5 Å². The Hall–Kier alpha value is -2.89. The summed E-state index contributed by atoms with van der Waals surface area (Å²) in [5.41, 5.74) is 3.10. The third-order valence-electron chi connectivity index (χ3n) is 4.86. The first-order valence-corrected chi connectivity index (χ1v) is 8.70. The van der Waals surface area contributed by atoms with E-state index in [0.29, 0.717) is 17.4 Å². The zero-order chi connectivity index (χ0) is 18.1. The van der Waals surface area contributed by atoms with E-state index in [2.05, 4.69) is 41.3 Å². The van der Waals surface area contributed by atoms with Gasteiger partial charge in [-0.1, -0.05) is 31.2 Å². The highest BCUT2D eigenvalue weighted by Gasteiger charge is 2.32. The van der Waals surface area contributed by atoms with E-state index in [1.807, 2.05) is 0 Å². The molecule has 134 valence electrons. The molecule has 2 aromatic heterocycles. The molecule has 4 rings (SSSR count). The second-order valence-corrected chi connectivity index (χ2v) is 6.54. The number of benzene rings is 1. The first-order chi connectivity index (χ1) is 12.6. The number of nitrogens with zero attached hydrogens (tertiary/aromatic N) is 2. The molecule has 0 aliphatic heterocycles. The van der Waals surface area contributed by atoms with Gasteiger partial charge in [0, 0.05) is 17.8 Å². The van der Waals surface area contributed by atoms with Gasteiger partial charge in [0.2, 0.25) is 17.5 Å². The van der Waals surface area contributed by atoms with E-state index in [-0.39, 0.29) is 11.9 Å². The number of aryl methyl sites for hydroxylation is 1. The van der Waals surface area contributed by atoms with Crippen LogP contribution in [0.2, 0.25) is 0 Å². The maximum absolute atomic E-state index is 13.6. The van der Waals surface area contributed by atoms with Crippen LogP contribution in [0, 0.1) is 5.82 Å². The molecule has 1 N–H and O–H groups in total. The number of rotatable bonds is 5. The molecule has 1 aromatic carbocycles. The van der Waals surface area contributed by atoms with Crippen molar-refractivity contribution >= 4 is 0 Å². The van der Waals surface area contributed by atoms with Crippen molar-refractivity contribution in [1.82, 2.24) is 10.1 Å². The highest BCUT2D eigenvalue weighted by molar-refractivity contribution is 5.58. The predicted octanol–water partition coefficient (Wildman–Crippen LogP) is 4.47. The molecule has 0 bridgehead atoms. The third-order valence-corrected chi connectivity index (χ3v) is 4.86. The van der Waals surface area contributed by atoms with Crippen molar-refractivity contribution in [1.29, 1.82) is 0 Å². The van der Waals surface area contributed by atoms with Crippen molar-refractivity contribution in [3.05, 3.63) is 59.5 Å². The second-order valence-electron chi connectivity index (χ2n) is 6.54. The van der Waals surface area contributed by atoms with E-state index in [4.69, 9.17) is 14.4 Å². The first kappa shape index (κ1) is 16.6. The lowest BCUT2D eigenvalue weighted by Gasteiger charge is -2.35. The average molecular weight is 354 g/mol. The summed E-state index contributed by atoms with van der Waals surface area (Å²) in [5.74, 6) is -0.774. The van der Waals surface area contributed by atoms with Crippen molar-refractivity contribution in [2.24, 2.45) is 0 Å². The van der Waals surface area contributed by atoms with E-state index in [9.17, 15) is 4.39 Å². The summed E-state index contributed by atoms with van der Waals surface area (Å²) in [6.45, 7) is 2.15. The minimum absolute atomic E-state index is 0.135. The van der Waals surface area contributed by atoms with Crippen LogP contribution in [0.3, 0.4) is 0 Å². The predicted molar refractivity (Wildman–Crippen MR) is 93.6 cm³/mol. The Balaban J connectivity index is 1.35. The van der Waals surface area contributed by atoms with Crippen LogP contribution < -0.4 is 4.74 Å². The molecule has 0 atom stereocenters. The highest BCUT2D eigenvalue weighted by atomic mass is 19.1. The molecule has 0 spiro atoms. The second kappa shape index (κ2) is 6.78. The van der Waals surface area contributed by atoms with Gasteiger partial charge < -0.3 is 14.4 Å². The van der Waals surface area contributed by atoms with E-state index >= 15 is 0 Å². The van der Waals surface area contributed by atoms with Crippen LogP contribution in [0.15, 0.2) is 47.1 Å². The largest absolute Gasteiger partial charge is 0.489 e. The molecular weight excluding hydrogens is 335 g/mol. The van der Waals surface area contributed by atoms with E-state index < -0.39 is 11.7 Å². The summed E-state index contributed by atoms with van der Waals surface area (Å²) in [4.78, 5) is 4.19. The van der Waals surface area contributed by atoms with Gasteiger partial charge in [0.15, 0.2) is 0 Å². The number of aromatic nitrogens is 2. The van der Waals surface area contributed by atoms with Gasteiger partial charge in [-0.2, -0.15) is 4.39 Å². The highest BCUT2D eigenvalue weighted by Crippen LogP contribution is 2.39. The Morgan fingerprint density at radius 2 is 1.96 bits per heavy atom. The summed E-state index contributed by atoms with van der Waals surface area (Å²) in [6.07, 6.45) is 4.54. The molecule has 1 aliphatic rings. The Morgan fingerprint density at radius 1 is 1.19 bits per heavy atom. The van der Waals surface area contributed by atoms with Gasteiger partial charge in [0.1, 0.15) is 6.10 Å². The van der Waals surface area contributed by atoms with Crippen LogP contribution in [0.1, 0.15) is 36.8 Å². The quantitative estimate of drug-likeness (QED) is 0.732. The molecule has 0 saturated heterocycles. The topological polar surface area (TPSA) is 68.4 Å². The summed E-state index contributed by atoms with van der Waals surface area (Å²) < 4.78 is 24.2. The van der Waals surface area contributed by atoms with Gasteiger partial charge in [0.25, 0.3) is 5.88 Å². The summed E-state index contributed by atoms with van der Waals surface area (Å²) >= 11 is 0. The number of hydrogen-bond acceptors (Lipinski definition) is 5. The van der Waals surface area contributed by atoms with Gasteiger partial charge in [-0.3, -0.25) is 0 Å². The summed E-state index contributed by atoms with van der Waals surface area (Å²) in [5, 5.41) is 12.3. The van der Waals surface area contributed by atoms with Crippen molar-refractivity contribution in [2.45, 2.75) is 38.2 Å². The van der Waals surface area contributed by atoms with Crippen molar-refractivity contribution in [3.63, 3.8) is 0 Å². The van der Waals surface area contributed by atoms with E-state index in [1.54, 1.807) is 12.1 Å². The Morgan fingerprint density at radius 3 is 2.54 bits per heavy atom. The molecule has 0 radical (unpaired) electrons. The van der Waals surface area contributed by atoms with Gasteiger partial charge in [-0.25, -0.2) is 4.98 Å². The molecule has 26 heavy (non-hydrogen) atoms.